The van der Waals surface area contributed by atoms with E-state index in [1.807, 2.05) is 0 Å². The summed E-state index contributed by atoms with van der Waals surface area (Å²) in [5, 5.41) is 20.7. The second-order valence-electron chi connectivity index (χ2n) is 5.55. The Labute approximate surface area is 119 Å². The largest absolute Gasteiger partial charge is 0.513 e. The number of ketones is 1. The number of fused-ring (bicyclic) bond motifs is 1. The topological polar surface area (TPSA) is 57.5 Å². The number of carbonyl (C=O) groups excluding carboxylic acids is 1. The number of benzene rings is 1. The number of aromatic hydroxyl groups is 1. The predicted octanol–water partition coefficient (Wildman–Crippen LogP) is 2.99. The third-order valence-electron chi connectivity index (χ3n) is 3.74. The molecule has 0 saturated carbocycles. The van der Waals surface area contributed by atoms with Crippen LogP contribution in [-0.2, 0) is 0 Å². The summed E-state index contributed by atoms with van der Waals surface area (Å²) in [7, 11) is -2.08. The fourth-order valence-electron chi connectivity index (χ4n) is 2.41. The highest BCUT2D eigenvalue weighted by molar-refractivity contribution is 6.98. The summed E-state index contributed by atoms with van der Waals surface area (Å²) in [4.78, 5) is 12.5. The van der Waals surface area contributed by atoms with Crippen molar-refractivity contribution in [2.24, 2.45) is 0 Å². The van der Waals surface area contributed by atoms with Gasteiger partial charge in [-0.2, -0.15) is 0 Å². The highest BCUT2D eigenvalue weighted by atomic mass is 28.3. The van der Waals surface area contributed by atoms with E-state index in [0.717, 1.165) is 10.4 Å². The number of allylic oxidation sites excluding steroid dienone is 5. The van der Waals surface area contributed by atoms with Gasteiger partial charge in [0.2, 0.25) is 0 Å². The van der Waals surface area contributed by atoms with Crippen LogP contribution in [0.25, 0.3) is 0 Å². The fourth-order valence-corrected chi connectivity index (χ4v) is 4.98. The Hall–Kier alpha value is -2.07. The molecule has 1 heterocycles. The quantitative estimate of drug-likeness (QED) is 0.474. The molecule has 20 heavy (non-hydrogen) atoms. The van der Waals surface area contributed by atoms with Gasteiger partial charge in [-0.25, -0.2) is 0 Å². The van der Waals surface area contributed by atoms with Crippen LogP contribution in [0.15, 0.2) is 53.5 Å². The molecule has 1 aromatic carbocycles. The van der Waals surface area contributed by atoms with Crippen molar-refractivity contribution in [3.63, 3.8) is 0 Å². The van der Waals surface area contributed by atoms with Crippen molar-refractivity contribution in [1.29, 1.82) is 0 Å². The summed E-state index contributed by atoms with van der Waals surface area (Å²) in [6, 6.07) is 4.87. The molecule has 1 aliphatic heterocycles. The second kappa shape index (κ2) is 4.79. The van der Waals surface area contributed by atoms with Gasteiger partial charge in [-0.1, -0.05) is 24.9 Å². The van der Waals surface area contributed by atoms with Crippen molar-refractivity contribution in [3.8, 4) is 5.75 Å². The molecule has 0 radical (unpaired) electrons. The molecule has 0 atom stereocenters. The first-order chi connectivity index (χ1) is 9.25. The maximum atomic E-state index is 12.5. The molecular formula is C16H18O3Si. The van der Waals surface area contributed by atoms with Gasteiger partial charge in [0.15, 0.2) is 5.78 Å². The van der Waals surface area contributed by atoms with Crippen LogP contribution in [0.4, 0.5) is 0 Å². The van der Waals surface area contributed by atoms with Crippen molar-refractivity contribution in [3.05, 3.63) is 59.0 Å². The molecule has 0 fully saturated rings. The molecule has 0 spiro atoms. The van der Waals surface area contributed by atoms with E-state index in [4.69, 9.17) is 0 Å². The first kappa shape index (κ1) is 14.3. The monoisotopic (exact) mass is 286 g/mol. The van der Waals surface area contributed by atoms with Crippen molar-refractivity contribution in [1.82, 2.24) is 0 Å². The Balaban J connectivity index is 2.68. The van der Waals surface area contributed by atoms with Gasteiger partial charge < -0.3 is 10.2 Å². The molecule has 104 valence electrons. The Bertz CT molecular complexity index is 662. The van der Waals surface area contributed by atoms with Crippen molar-refractivity contribution >= 4 is 19.0 Å². The molecule has 1 aliphatic rings. The number of hydrogen-bond donors (Lipinski definition) is 2. The zero-order valence-corrected chi connectivity index (χ0v) is 12.9. The van der Waals surface area contributed by atoms with Crippen LogP contribution in [-0.4, -0.2) is 24.1 Å². The van der Waals surface area contributed by atoms with Crippen LogP contribution in [0, 0.1) is 0 Å². The minimum Gasteiger partial charge on any atom is -0.513 e. The molecular weight excluding hydrogens is 268 g/mol. The summed E-state index contributed by atoms with van der Waals surface area (Å²) < 4.78 is 0. The molecule has 0 bridgehead atoms. The summed E-state index contributed by atoms with van der Waals surface area (Å²) in [6.07, 6.45) is 3.14. The number of aliphatic hydroxyl groups excluding tert-OH is 1. The Morgan fingerprint density at radius 3 is 2.60 bits per heavy atom. The fraction of sp³-hybridized carbons (Fsp3) is 0.188. The number of Topliss-reactive ketones (excluding diaryl/α,β-unsaturated/α-hetero) is 1. The lowest BCUT2D eigenvalue weighted by Crippen LogP contribution is -2.51. The maximum absolute atomic E-state index is 12.5. The highest BCUT2D eigenvalue weighted by Crippen LogP contribution is 2.31. The minimum atomic E-state index is -2.08. The van der Waals surface area contributed by atoms with Gasteiger partial charge in [0, 0.05) is 11.1 Å². The van der Waals surface area contributed by atoms with Gasteiger partial charge >= 0.3 is 0 Å². The summed E-state index contributed by atoms with van der Waals surface area (Å²) in [5.41, 5.74) is 1.18. The lowest BCUT2D eigenvalue weighted by Gasteiger charge is -2.33. The average Bonchev–Trinajstić information content (AvgIpc) is 2.36. The number of aliphatic hydroxyl groups is 1. The Kier molecular flexibility index (Phi) is 3.44. The molecule has 2 rings (SSSR count). The van der Waals surface area contributed by atoms with E-state index in [2.05, 4.69) is 19.7 Å². The highest BCUT2D eigenvalue weighted by Gasteiger charge is 2.39. The van der Waals surface area contributed by atoms with Crippen LogP contribution >= 0.6 is 0 Å². The zero-order valence-electron chi connectivity index (χ0n) is 11.9. The molecule has 0 saturated heterocycles. The van der Waals surface area contributed by atoms with Crippen LogP contribution < -0.4 is 5.19 Å². The zero-order chi connectivity index (χ0) is 15.1. The lowest BCUT2D eigenvalue weighted by atomic mass is 10.0. The Morgan fingerprint density at radius 1 is 1.35 bits per heavy atom. The van der Waals surface area contributed by atoms with Gasteiger partial charge in [-0.15, -0.1) is 0 Å². The van der Waals surface area contributed by atoms with E-state index < -0.39 is 8.07 Å². The minimum absolute atomic E-state index is 0.102. The van der Waals surface area contributed by atoms with Gasteiger partial charge in [0.1, 0.15) is 13.8 Å². The van der Waals surface area contributed by atoms with Crippen LogP contribution in [0.2, 0.25) is 13.1 Å². The smallest absolute Gasteiger partial charge is 0.192 e. The number of phenolic OH excluding ortho intramolecular Hbond substituents is 1. The molecule has 2 N–H and O–H groups in total. The summed E-state index contributed by atoms with van der Waals surface area (Å²) in [6.45, 7) is 9.84. The third kappa shape index (κ3) is 2.23. The molecule has 0 amide bonds. The van der Waals surface area contributed by atoms with Gasteiger partial charge in [0.05, 0.1) is 5.76 Å². The van der Waals surface area contributed by atoms with Gasteiger partial charge in [-0.3, -0.25) is 4.79 Å². The Morgan fingerprint density at radius 2 is 2.00 bits per heavy atom. The van der Waals surface area contributed by atoms with E-state index in [-0.39, 0.29) is 17.3 Å². The number of phenols is 1. The first-order valence-electron chi connectivity index (χ1n) is 6.40. The van der Waals surface area contributed by atoms with E-state index in [1.54, 1.807) is 25.1 Å². The van der Waals surface area contributed by atoms with Gasteiger partial charge in [-0.05, 0) is 42.5 Å². The second-order valence-corrected chi connectivity index (χ2v) is 9.94. The van der Waals surface area contributed by atoms with Crippen molar-refractivity contribution in [2.75, 3.05) is 0 Å². The van der Waals surface area contributed by atoms with Crippen molar-refractivity contribution < 1.29 is 15.0 Å². The SMILES string of the molecule is C=C1/C(=C\C=C(/C)O)C(=O)c2ccc(O)cc2[Si]1(C)C. The molecule has 1 aromatic rings. The number of hydrogen-bond acceptors (Lipinski definition) is 3. The van der Waals surface area contributed by atoms with Crippen LogP contribution in [0.3, 0.4) is 0 Å². The van der Waals surface area contributed by atoms with E-state index in [9.17, 15) is 15.0 Å². The predicted molar refractivity (Wildman–Crippen MR) is 83.2 cm³/mol. The average molecular weight is 286 g/mol. The third-order valence-corrected chi connectivity index (χ3v) is 7.28. The van der Waals surface area contributed by atoms with E-state index in [1.165, 1.54) is 12.1 Å². The standard InChI is InChI=1S/C16H18O3Si/c1-10(17)5-7-13-11(2)20(3,4)15-9-12(18)6-8-14(15)16(13)19/h5-9,17-18H,2H2,1,3-4H3/b10-5+,13-7+. The molecule has 0 aromatic heterocycles. The maximum Gasteiger partial charge on any atom is 0.192 e. The van der Waals surface area contributed by atoms with Crippen LogP contribution in [0.1, 0.15) is 17.3 Å². The van der Waals surface area contributed by atoms with E-state index >= 15 is 0 Å². The molecule has 0 aliphatic carbocycles. The molecule has 0 unspecified atom stereocenters. The molecule has 4 heteroatoms. The summed E-state index contributed by atoms with van der Waals surface area (Å²) >= 11 is 0. The normalized spacial score (nSPS) is 20.1. The number of rotatable bonds is 1. The van der Waals surface area contributed by atoms with Crippen LogP contribution in [0.5, 0.6) is 5.75 Å². The van der Waals surface area contributed by atoms with E-state index in [0.29, 0.717) is 11.1 Å². The first-order valence-corrected chi connectivity index (χ1v) is 9.40. The molecule has 3 nitrogen and oxygen atoms in total. The number of carbonyl (C=O) groups is 1. The summed E-state index contributed by atoms with van der Waals surface area (Å²) in [5.74, 6) is 0.215. The lowest BCUT2D eigenvalue weighted by molar-refractivity contribution is 0.103. The van der Waals surface area contributed by atoms with Crippen molar-refractivity contribution in [2.45, 2.75) is 20.0 Å². The van der Waals surface area contributed by atoms with Gasteiger partial charge in [0.25, 0.3) is 0 Å².